The lowest BCUT2D eigenvalue weighted by molar-refractivity contribution is -0.111. The summed E-state index contributed by atoms with van der Waals surface area (Å²) in [4.78, 5) is 18.9. The maximum absolute atomic E-state index is 13.6. The molecular weight excluding hydrogens is 501 g/mol. The summed E-state index contributed by atoms with van der Waals surface area (Å²) in [5, 5.41) is 26.2. The molecule has 3 N–H and O–H groups in total. The van der Waals surface area contributed by atoms with Crippen LogP contribution < -0.4 is 10.6 Å². The molecule has 1 amide bonds. The number of carbonyl (C=O) groups is 1. The number of hydrogen-bond acceptors (Lipinski definition) is 8. The zero-order chi connectivity index (χ0) is 26.8. The number of carbonyl (C=O) groups excluding carboxylic acids is 1. The first-order chi connectivity index (χ1) is 17.9. The van der Waals surface area contributed by atoms with Crippen molar-refractivity contribution in [1.29, 1.82) is 5.26 Å². The van der Waals surface area contributed by atoms with Gasteiger partial charge in [0.15, 0.2) is 0 Å². The molecule has 0 aliphatic rings. The van der Waals surface area contributed by atoms with Crippen LogP contribution in [0.25, 0.3) is 10.9 Å². The topological polar surface area (TPSA) is 120 Å². The van der Waals surface area contributed by atoms with Crippen LogP contribution in [0.5, 0.6) is 5.75 Å². The van der Waals surface area contributed by atoms with E-state index in [1.807, 2.05) is 0 Å². The van der Waals surface area contributed by atoms with Crippen LogP contribution in [0.2, 0.25) is 5.02 Å². The molecule has 37 heavy (non-hydrogen) atoms. The van der Waals surface area contributed by atoms with Crippen LogP contribution in [0.1, 0.15) is 5.56 Å². The number of anilines is 3. The molecule has 1 heterocycles. The van der Waals surface area contributed by atoms with E-state index in [-0.39, 0.29) is 22.0 Å². The number of aromatic hydroxyl groups is 1. The number of phenolic OH excluding ortho intramolecular Hbond substituents is 1. The highest BCUT2D eigenvalue weighted by atomic mass is 35.5. The smallest absolute Gasteiger partial charge is 0.248 e. The molecule has 1 aromatic heterocycles. The Labute approximate surface area is 219 Å². The largest absolute Gasteiger partial charge is 0.506 e. The Hall–Kier alpha value is -3.75. The second-order valence-electron chi connectivity index (χ2n) is 7.98. The zero-order valence-corrected chi connectivity index (χ0v) is 21.2. The molecule has 0 aliphatic heterocycles. The molecule has 2 aromatic carbocycles. The monoisotopic (exact) mass is 527 g/mol. The maximum Gasteiger partial charge on any atom is 0.248 e. The minimum absolute atomic E-state index is 0.0812. The number of nitrogens with one attached hydrogen (secondary N) is 2. The Balaban J connectivity index is 1.83. The van der Waals surface area contributed by atoms with E-state index in [0.717, 1.165) is 0 Å². The number of nitrogens with zero attached hydrogens (tertiary/aromatic N) is 3. The maximum atomic E-state index is 13.6. The van der Waals surface area contributed by atoms with E-state index in [0.29, 0.717) is 55.1 Å². The standard InChI is InChI=1S/C26H27ClFN5O4/c1-36-10-8-33(9-11-37-2)7-3-4-25(35)32-23-13-19-22(14-24(23)34)30-16-17(15-29)26(19)31-18-5-6-21(28)20(27)12-18/h3-6,12-14,16,34H,7-11H2,1-2H3,(H,30,31)(H,32,35)/b4-3+. The van der Waals surface area contributed by atoms with Gasteiger partial charge in [-0.2, -0.15) is 5.26 Å². The molecule has 11 heteroatoms. The van der Waals surface area contributed by atoms with Crippen molar-refractivity contribution in [2.45, 2.75) is 0 Å². The van der Waals surface area contributed by atoms with Crippen LogP contribution in [-0.2, 0) is 14.3 Å². The van der Waals surface area contributed by atoms with Gasteiger partial charge in [0.05, 0.1) is 40.7 Å². The third-order valence-corrected chi connectivity index (χ3v) is 5.70. The number of amides is 1. The number of hydrogen-bond donors (Lipinski definition) is 3. The van der Waals surface area contributed by atoms with Crippen LogP contribution in [0, 0.1) is 17.1 Å². The van der Waals surface area contributed by atoms with Crippen molar-refractivity contribution in [1.82, 2.24) is 9.88 Å². The number of nitriles is 1. The van der Waals surface area contributed by atoms with Gasteiger partial charge in [0.25, 0.3) is 0 Å². The number of phenols is 1. The number of methoxy groups -OCH3 is 2. The van der Waals surface area contributed by atoms with E-state index in [4.69, 9.17) is 21.1 Å². The van der Waals surface area contributed by atoms with Crippen LogP contribution in [0.15, 0.2) is 48.7 Å². The highest BCUT2D eigenvalue weighted by Gasteiger charge is 2.15. The second-order valence-corrected chi connectivity index (χ2v) is 8.38. The van der Waals surface area contributed by atoms with Crippen LogP contribution in [0.4, 0.5) is 21.5 Å². The lowest BCUT2D eigenvalue weighted by Crippen LogP contribution is -2.31. The third kappa shape index (κ3) is 7.62. The Morgan fingerprint density at radius 2 is 1.97 bits per heavy atom. The summed E-state index contributed by atoms with van der Waals surface area (Å²) in [5.41, 5.74) is 1.54. The number of fused-ring (bicyclic) bond motifs is 1. The van der Waals surface area contributed by atoms with Gasteiger partial charge in [0.2, 0.25) is 5.91 Å². The van der Waals surface area contributed by atoms with Gasteiger partial charge in [-0.15, -0.1) is 0 Å². The molecule has 0 bridgehead atoms. The van der Waals surface area contributed by atoms with Gasteiger partial charge in [-0.3, -0.25) is 14.7 Å². The molecule has 3 rings (SSSR count). The number of benzene rings is 2. The third-order valence-electron chi connectivity index (χ3n) is 5.41. The highest BCUT2D eigenvalue weighted by Crippen LogP contribution is 2.35. The van der Waals surface area contributed by atoms with Crippen LogP contribution in [0.3, 0.4) is 0 Å². The van der Waals surface area contributed by atoms with Gasteiger partial charge < -0.3 is 25.2 Å². The summed E-state index contributed by atoms with van der Waals surface area (Å²) in [7, 11) is 3.25. The van der Waals surface area contributed by atoms with Crippen molar-refractivity contribution in [3.8, 4) is 11.8 Å². The van der Waals surface area contributed by atoms with Gasteiger partial charge in [0, 0.05) is 63.3 Å². The second kappa shape index (κ2) is 13.5. The van der Waals surface area contributed by atoms with E-state index in [1.165, 1.54) is 42.6 Å². The Morgan fingerprint density at radius 3 is 2.62 bits per heavy atom. The van der Waals surface area contributed by atoms with Gasteiger partial charge in [-0.05, 0) is 24.3 Å². The summed E-state index contributed by atoms with van der Waals surface area (Å²) in [6, 6.07) is 9.03. The van der Waals surface area contributed by atoms with Crippen LogP contribution in [-0.4, -0.2) is 68.0 Å². The highest BCUT2D eigenvalue weighted by molar-refractivity contribution is 6.31. The molecular formula is C26H27ClFN5O4. The first kappa shape index (κ1) is 27.8. The fraction of sp³-hybridized carbons (Fsp3) is 0.269. The number of aromatic nitrogens is 1. The molecule has 3 aromatic rings. The molecule has 0 unspecified atom stereocenters. The number of rotatable bonds is 12. The number of halogens is 2. The summed E-state index contributed by atoms with van der Waals surface area (Å²) in [6.07, 6.45) is 4.44. The Kier molecular flexibility index (Phi) is 10.2. The summed E-state index contributed by atoms with van der Waals surface area (Å²) < 4.78 is 23.8. The predicted molar refractivity (Wildman–Crippen MR) is 141 cm³/mol. The number of ether oxygens (including phenoxy) is 2. The molecule has 0 spiro atoms. The SMILES string of the molecule is COCCN(C/C=C/C(=O)Nc1cc2c(Nc3ccc(F)c(Cl)c3)c(C#N)cnc2cc1O)CCOC. The first-order valence-corrected chi connectivity index (χ1v) is 11.7. The lowest BCUT2D eigenvalue weighted by atomic mass is 10.1. The minimum atomic E-state index is -0.573. The molecule has 0 fully saturated rings. The average Bonchev–Trinajstić information content (AvgIpc) is 2.88. The quantitative estimate of drug-likeness (QED) is 0.234. The van der Waals surface area contributed by atoms with Crippen molar-refractivity contribution in [3.05, 3.63) is 65.1 Å². The Bertz CT molecular complexity index is 1320. The zero-order valence-electron chi connectivity index (χ0n) is 20.4. The first-order valence-electron chi connectivity index (χ1n) is 11.3. The van der Waals surface area contributed by atoms with Gasteiger partial charge in [-0.1, -0.05) is 17.7 Å². The van der Waals surface area contributed by atoms with E-state index in [1.54, 1.807) is 20.3 Å². The fourth-order valence-electron chi connectivity index (χ4n) is 3.48. The predicted octanol–water partition coefficient (Wildman–Crippen LogP) is 4.44. The van der Waals surface area contributed by atoms with E-state index < -0.39 is 11.7 Å². The van der Waals surface area contributed by atoms with Crippen molar-refractivity contribution in [2.75, 3.05) is 57.7 Å². The number of pyridine rings is 1. The summed E-state index contributed by atoms with van der Waals surface area (Å²) >= 11 is 5.89. The van der Waals surface area contributed by atoms with Crippen molar-refractivity contribution in [3.63, 3.8) is 0 Å². The average molecular weight is 528 g/mol. The lowest BCUT2D eigenvalue weighted by Gasteiger charge is -2.19. The fourth-order valence-corrected chi connectivity index (χ4v) is 3.66. The minimum Gasteiger partial charge on any atom is -0.506 e. The van der Waals surface area contributed by atoms with Crippen LogP contribution >= 0.6 is 11.6 Å². The van der Waals surface area contributed by atoms with Crippen molar-refractivity contribution in [2.24, 2.45) is 0 Å². The van der Waals surface area contributed by atoms with Crippen molar-refractivity contribution < 1.29 is 23.8 Å². The summed E-state index contributed by atoms with van der Waals surface area (Å²) in [5.74, 6) is -1.21. The summed E-state index contributed by atoms with van der Waals surface area (Å²) in [6.45, 7) is 2.97. The normalized spacial score (nSPS) is 11.2. The van der Waals surface area contributed by atoms with Gasteiger partial charge in [-0.25, -0.2) is 4.39 Å². The Morgan fingerprint density at radius 1 is 1.24 bits per heavy atom. The molecule has 0 atom stereocenters. The molecule has 0 aliphatic carbocycles. The van der Waals surface area contributed by atoms with Crippen molar-refractivity contribution >= 4 is 45.5 Å². The van der Waals surface area contributed by atoms with Gasteiger partial charge in [0.1, 0.15) is 17.6 Å². The van der Waals surface area contributed by atoms with E-state index in [2.05, 4.69) is 26.6 Å². The molecule has 0 saturated heterocycles. The van der Waals surface area contributed by atoms with E-state index >= 15 is 0 Å². The van der Waals surface area contributed by atoms with E-state index in [9.17, 15) is 19.6 Å². The van der Waals surface area contributed by atoms with Gasteiger partial charge >= 0.3 is 0 Å². The molecule has 0 saturated carbocycles. The molecule has 9 nitrogen and oxygen atoms in total. The molecule has 0 radical (unpaired) electrons. The molecule has 194 valence electrons.